The summed E-state index contributed by atoms with van der Waals surface area (Å²) < 4.78 is 1.57. The van der Waals surface area contributed by atoms with E-state index in [2.05, 4.69) is 16.9 Å². The Morgan fingerprint density at radius 3 is 2.81 bits per heavy atom. The van der Waals surface area contributed by atoms with Gasteiger partial charge in [0.25, 0.3) is 5.56 Å². The Bertz CT molecular complexity index is 1020. The van der Waals surface area contributed by atoms with Crippen molar-refractivity contribution in [3.63, 3.8) is 0 Å². The summed E-state index contributed by atoms with van der Waals surface area (Å²) in [5.74, 6) is -0.0914. The first-order valence-electron chi connectivity index (χ1n) is 8.58. The van der Waals surface area contributed by atoms with Gasteiger partial charge in [0.2, 0.25) is 5.91 Å². The normalized spacial score (nSPS) is 12.1. The SMILES string of the molecule is C=CCn1c(SC(C)C(=O)NCc2ccc(C)cc2)nc2sccc2c1=O. The fourth-order valence-corrected chi connectivity index (χ4v) is 4.31. The predicted molar refractivity (Wildman–Crippen MR) is 112 cm³/mol. The van der Waals surface area contributed by atoms with Crippen molar-refractivity contribution < 1.29 is 4.79 Å². The van der Waals surface area contributed by atoms with Crippen LogP contribution >= 0.6 is 23.1 Å². The maximum atomic E-state index is 12.7. The van der Waals surface area contributed by atoms with Crippen LogP contribution in [0.25, 0.3) is 10.2 Å². The van der Waals surface area contributed by atoms with E-state index in [1.165, 1.54) is 28.7 Å². The van der Waals surface area contributed by atoms with Crippen molar-refractivity contribution in [1.29, 1.82) is 0 Å². The highest BCUT2D eigenvalue weighted by Gasteiger charge is 2.19. The average molecular weight is 400 g/mol. The molecule has 2 heterocycles. The number of carbonyl (C=O) groups is 1. The van der Waals surface area contributed by atoms with Crippen LogP contribution in [-0.4, -0.2) is 20.7 Å². The fourth-order valence-electron chi connectivity index (χ4n) is 2.56. The summed E-state index contributed by atoms with van der Waals surface area (Å²) in [7, 11) is 0. The van der Waals surface area contributed by atoms with E-state index < -0.39 is 0 Å². The molecule has 2 aromatic heterocycles. The Morgan fingerprint density at radius 2 is 2.11 bits per heavy atom. The highest BCUT2D eigenvalue weighted by atomic mass is 32.2. The highest BCUT2D eigenvalue weighted by molar-refractivity contribution is 8.00. The second kappa shape index (κ2) is 8.54. The molecule has 0 aliphatic heterocycles. The number of carbonyl (C=O) groups excluding carboxylic acids is 1. The molecular formula is C20H21N3O2S2. The number of benzene rings is 1. The molecule has 5 nitrogen and oxygen atoms in total. The molecule has 3 rings (SSSR count). The highest BCUT2D eigenvalue weighted by Crippen LogP contribution is 2.24. The van der Waals surface area contributed by atoms with E-state index in [9.17, 15) is 9.59 Å². The first-order valence-corrected chi connectivity index (χ1v) is 10.3. The third-order valence-corrected chi connectivity index (χ3v) is 6.00. The quantitative estimate of drug-likeness (QED) is 0.373. The standard InChI is InChI=1S/C20H21N3O2S2/c1-4-10-23-19(25)16-9-11-26-18(16)22-20(23)27-14(3)17(24)21-12-15-7-5-13(2)6-8-15/h4-9,11,14H,1,10,12H2,2-3H3,(H,21,24). The Balaban J connectivity index is 1.74. The molecule has 3 aromatic rings. The van der Waals surface area contributed by atoms with E-state index in [1.807, 2.05) is 43.5 Å². The molecule has 7 heteroatoms. The van der Waals surface area contributed by atoms with Crippen LogP contribution in [0.5, 0.6) is 0 Å². The zero-order valence-corrected chi connectivity index (χ0v) is 16.9. The van der Waals surface area contributed by atoms with E-state index in [4.69, 9.17) is 0 Å². The summed E-state index contributed by atoms with van der Waals surface area (Å²) >= 11 is 2.71. The van der Waals surface area contributed by atoms with Crippen LogP contribution in [0.2, 0.25) is 0 Å². The van der Waals surface area contributed by atoms with Gasteiger partial charge in [-0.05, 0) is 30.9 Å². The van der Waals surface area contributed by atoms with Gasteiger partial charge in [-0.15, -0.1) is 17.9 Å². The summed E-state index contributed by atoms with van der Waals surface area (Å²) in [6.07, 6.45) is 1.66. The number of nitrogens with zero attached hydrogens (tertiary/aromatic N) is 2. The van der Waals surface area contributed by atoms with Crippen LogP contribution in [0.4, 0.5) is 0 Å². The lowest BCUT2D eigenvalue weighted by Crippen LogP contribution is -2.31. The molecule has 0 spiro atoms. The molecule has 1 atom stereocenters. The summed E-state index contributed by atoms with van der Waals surface area (Å²) in [6, 6.07) is 9.82. The molecule has 0 saturated carbocycles. The molecule has 0 bridgehead atoms. The molecule has 0 aliphatic rings. The molecule has 1 amide bonds. The Morgan fingerprint density at radius 1 is 1.37 bits per heavy atom. The summed E-state index contributed by atoms with van der Waals surface area (Å²) in [5, 5.41) is 5.55. The second-order valence-electron chi connectivity index (χ2n) is 6.20. The number of thiophene rings is 1. The van der Waals surface area contributed by atoms with Crippen molar-refractivity contribution in [3.8, 4) is 0 Å². The topological polar surface area (TPSA) is 64.0 Å². The van der Waals surface area contributed by atoms with Gasteiger partial charge in [-0.25, -0.2) is 4.98 Å². The number of aromatic nitrogens is 2. The number of rotatable bonds is 7. The number of nitrogens with one attached hydrogen (secondary N) is 1. The number of allylic oxidation sites excluding steroid dienone is 1. The van der Waals surface area contributed by atoms with Crippen LogP contribution in [0.15, 0.2) is 58.3 Å². The van der Waals surface area contributed by atoms with E-state index in [0.29, 0.717) is 28.5 Å². The van der Waals surface area contributed by atoms with Crippen molar-refractivity contribution in [3.05, 3.63) is 69.8 Å². The van der Waals surface area contributed by atoms with Gasteiger partial charge in [-0.1, -0.05) is 47.7 Å². The van der Waals surface area contributed by atoms with Crippen molar-refractivity contribution in [2.45, 2.75) is 37.3 Å². The van der Waals surface area contributed by atoms with Crippen LogP contribution in [0, 0.1) is 6.92 Å². The molecule has 1 N–H and O–H groups in total. The van der Waals surface area contributed by atoms with Crippen molar-refractivity contribution in [2.75, 3.05) is 0 Å². The van der Waals surface area contributed by atoms with E-state index in [-0.39, 0.29) is 16.7 Å². The number of amides is 1. The Kier molecular flexibility index (Phi) is 6.13. The molecular weight excluding hydrogens is 378 g/mol. The summed E-state index contributed by atoms with van der Waals surface area (Å²) in [4.78, 5) is 30.4. The second-order valence-corrected chi connectivity index (χ2v) is 8.40. The number of hydrogen-bond donors (Lipinski definition) is 1. The van der Waals surface area contributed by atoms with Gasteiger partial charge in [0.05, 0.1) is 10.6 Å². The third kappa shape index (κ3) is 4.48. The summed E-state index contributed by atoms with van der Waals surface area (Å²) in [6.45, 7) is 8.39. The maximum Gasteiger partial charge on any atom is 0.263 e. The van der Waals surface area contributed by atoms with Crippen LogP contribution < -0.4 is 10.9 Å². The van der Waals surface area contributed by atoms with E-state index in [0.717, 1.165) is 5.56 Å². The van der Waals surface area contributed by atoms with Crippen molar-refractivity contribution in [2.24, 2.45) is 0 Å². The molecule has 0 aliphatic carbocycles. The van der Waals surface area contributed by atoms with E-state index in [1.54, 1.807) is 16.7 Å². The van der Waals surface area contributed by atoms with Gasteiger partial charge in [-0.2, -0.15) is 0 Å². The molecule has 0 fully saturated rings. The van der Waals surface area contributed by atoms with Gasteiger partial charge in [0.15, 0.2) is 5.16 Å². The largest absolute Gasteiger partial charge is 0.351 e. The van der Waals surface area contributed by atoms with Gasteiger partial charge in [0.1, 0.15) is 4.83 Å². The van der Waals surface area contributed by atoms with Crippen molar-refractivity contribution in [1.82, 2.24) is 14.9 Å². The first-order chi connectivity index (χ1) is 13.0. The zero-order valence-electron chi connectivity index (χ0n) is 15.3. The number of aryl methyl sites for hydroxylation is 1. The average Bonchev–Trinajstić information content (AvgIpc) is 3.13. The van der Waals surface area contributed by atoms with Crippen LogP contribution in [0.3, 0.4) is 0 Å². The first kappa shape index (κ1) is 19.4. The lowest BCUT2D eigenvalue weighted by atomic mass is 10.1. The molecule has 1 unspecified atom stereocenters. The number of thioether (sulfide) groups is 1. The van der Waals surface area contributed by atoms with Gasteiger partial charge >= 0.3 is 0 Å². The van der Waals surface area contributed by atoms with E-state index >= 15 is 0 Å². The maximum absolute atomic E-state index is 12.7. The number of hydrogen-bond acceptors (Lipinski definition) is 5. The molecule has 27 heavy (non-hydrogen) atoms. The molecule has 0 saturated heterocycles. The minimum Gasteiger partial charge on any atom is -0.351 e. The van der Waals surface area contributed by atoms with Gasteiger partial charge in [0, 0.05) is 13.1 Å². The smallest absolute Gasteiger partial charge is 0.263 e. The summed E-state index contributed by atoms with van der Waals surface area (Å²) in [5.41, 5.74) is 2.13. The zero-order chi connectivity index (χ0) is 19.4. The third-order valence-electron chi connectivity index (χ3n) is 4.10. The fraction of sp³-hybridized carbons (Fsp3) is 0.250. The van der Waals surface area contributed by atoms with Crippen LogP contribution in [0.1, 0.15) is 18.1 Å². The minimum atomic E-state index is -0.379. The lowest BCUT2D eigenvalue weighted by Gasteiger charge is -2.15. The predicted octanol–water partition coefficient (Wildman–Crippen LogP) is 3.75. The number of fused-ring (bicyclic) bond motifs is 1. The Labute approximate surface area is 166 Å². The monoisotopic (exact) mass is 399 g/mol. The lowest BCUT2D eigenvalue weighted by molar-refractivity contribution is -0.120. The molecule has 140 valence electrons. The van der Waals surface area contributed by atoms with Crippen LogP contribution in [-0.2, 0) is 17.9 Å². The molecule has 0 radical (unpaired) electrons. The minimum absolute atomic E-state index is 0.0914. The Hall–Kier alpha value is -2.38. The van der Waals surface area contributed by atoms with Gasteiger partial charge < -0.3 is 5.32 Å². The molecule has 1 aromatic carbocycles. The van der Waals surface area contributed by atoms with Gasteiger partial charge in [-0.3, -0.25) is 14.2 Å². The van der Waals surface area contributed by atoms with Crippen molar-refractivity contribution >= 4 is 39.2 Å².